The number of rotatable bonds is 11. The number of benzene rings is 4. The lowest BCUT2D eigenvalue weighted by Gasteiger charge is -2.37. The highest BCUT2D eigenvalue weighted by molar-refractivity contribution is 5.83. The van der Waals surface area contributed by atoms with Crippen molar-refractivity contribution in [1.29, 1.82) is 0 Å². The van der Waals surface area contributed by atoms with Crippen LogP contribution in [0.1, 0.15) is 73.2 Å². The van der Waals surface area contributed by atoms with Gasteiger partial charge in [-0.15, -0.1) is 0 Å². The third-order valence-electron chi connectivity index (χ3n) is 10.6. The van der Waals surface area contributed by atoms with Gasteiger partial charge in [-0.2, -0.15) is 0 Å². The first kappa shape index (κ1) is 39.6. The number of carbonyl (C=O) groups excluding carboxylic acids is 4. The lowest BCUT2D eigenvalue weighted by Crippen LogP contribution is -2.39. The van der Waals surface area contributed by atoms with Gasteiger partial charge in [0.05, 0.1) is 40.5 Å². The lowest BCUT2D eigenvalue weighted by molar-refractivity contribution is -0.132. The number of esters is 2. The number of methoxy groups -OCH3 is 4. The monoisotopic (exact) mass is 764 g/mol. The molecule has 2 unspecified atom stereocenters. The molecule has 12 heteroatoms. The molecule has 0 fully saturated rings. The van der Waals surface area contributed by atoms with Crippen LogP contribution in [0.3, 0.4) is 0 Å². The number of fused-ring (bicyclic) bond motifs is 2. The minimum Gasteiger partial charge on any atom is -0.493 e. The van der Waals surface area contributed by atoms with Gasteiger partial charge in [0.15, 0.2) is 23.0 Å². The second-order valence-corrected chi connectivity index (χ2v) is 14.0. The number of hydrogen-bond donors (Lipinski definition) is 0. The zero-order chi connectivity index (χ0) is 40.3. The summed E-state index contributed by atoms with van der Waals surface area (Å²) in [6, 6.07) is 18.1. The first-order valence-corrected chi connectivity index (χ1v) is 18.5. The van der Waals surface area contributed by atoms with Crippen LogP contribution in [0, 0.1) is 0 Å². The Hall–Kier alpha value is -6.04. The van der Waals surface area contributed by atoms with Gasteiger partial charge in [-0.3, -0.25) is 19.2 Å². The van der Waals surface area contributed by atoms with Crippen molar-refractivity contribution < 1.29 is 47.6 Å². The van der Waals surface area contributed by atoms with Crippen molar-refractivity contribution in [3.05, 3.63) is 94.0 Å². The van der Waals surface area contributed by atoms with E-state index in [1.165, 1.54) is 13.8 Å². The molecule has 294 valence electrons. The lowest BCUT2D eigenvalue weighted by atomic mass is 9.86. The van der Waals surface area contributed by atoms with Gasteiger partial charge in [-0.05, 0) is 108 Å². The van der Waals surface area contributed by atoms with Crippen molar-refractivity contribution in [2.24, 2.45) is 0 Å². The third kappa shape index (κ3) is 8.14. The van der Waals surface area contributed by atoms with Gasteiger partial charge in [0.1, 0.15) is 11.5 Å². The summed E-state index contributed by atoms with van der Waals surface area (Å²) in [5.41, 5.74) is 6.76. The van der Waals surface area contributed by atoms with Gasteiger partial charge in [-0.25, -0.2) is 0 Å². The van der Waals surface area contributed by atoms with E-state index in [4.69, 9.17) is 28.4 Å². The Morgan fingerprint density at radius 3 is 1.20 bits per heavy atom. The van der Waals surface area contributed by atoms with E-state index in [0.717, 1.165) is 33.4 Å². The average Bonchev–Trinajstić information content (AvgIpc) is 3.17. The highest BCUT2D eigenvalue weighted by Gasteiger charge is 2.33. The maximum Gasteiger partial charge on any atom is 0.308 e. The Kier molecular flexibility index (Phi) is 11.9. The molecule has 2 aliphatic rings. The van der Waals surface area contributed by atoms with Crippen LogP contribution in [-0.2, 0) is 44.9 Å². The predicted octanol–water partition coefficient (Wildman–Crippen LogP) is 6.62. The SMILES string of the molecule is COc1cc2c(cc1OC)C(Cc1ccc(OC(C)=O)c(-c3cc(CC4c5cc(OC)c(OC)cc5CCN4C(C)=O)ccc3OC(C)=O)c1)N(C(C)=O)CC2. The van der Waals surface area contributed by atoms with E-state index in [2.05, 4.69) is 0 Å². The molecule has 0 aliphatic carbocycles. The fourth-order valence-corrected chi connectivity index (χ4v) is 8.01. The Morgan fingerprint density at radius 2 is 0.875 bits per heavy atom. The largest absolute Gasteiger partial charge is 0.493 e. The van der Waals surface area contributed by atoms with E-state index in [9.17, 15) is 19.2 Å². The van der Waals surface area contributed by atoms with Crippen LogP contribution in [-0.4, -0.2) is 75.1 Å². The zero-order valence-electron chi connectivity index (χ0n) is 33.1. The Morgan fingerprint density at radius 1 is 0.518 bits per heavy atom. The van der Waals surface area contributed by atoms with Gasteiger partial charge in [0, 0.05) is 51.9 Å². The summed E-state index contributed by atoms with van der Waals surface area (Å²) in [6.07, 6.45) is 2.17. The number of amides is 2. The first-order chi connectivity index (χ1) is 26.8. The summed E-state index contributed by atoms with van der Waals surface area (Å²) in [4.78, 5) is 54.7. The summed E-state index contributed by atoms with van der Waals surface area (Å²) in [6.45, 7) is 6.84. The molecule has 0 radical (unpaired) electrons. The van der Waals surface area contributed by atoms with E-state index >= 15 is 0 Å². The number of hydrogen-bond acceptors (Lipinski definition) is 10. The summed E-state index contributed by atoms with van der Waals surface area (Å²) in [5, 5.41) is 0. The number of carbonyl (C=O) groups is 4. The fraction of sp³-hybridized carbons (Fsp3) is 0.364. The van der Waals surface area contributed by atoms with Crippen molar-refractivity contribution in [2.45, 2.75) is 65.5 Å². The van der Waals surface area contributed by atoms with Gasteiger partial charge in [0.25, 0.3) is 0 Å². The molecule has 0 aromatic heterocycles. The molecule has 2 heterocycles. The first-order valence-electron chi connectivity index (χ1n) is 18.5. The van der Waals surface area contributed by atoms with Crippen LogP contribution < -0.4 is 28.4 Å². The molecule has 0 saturated carbocycles. The molecule has 2 aliphatic heterocycles. The van der Waals surface area contributed by atoms with Gasteiger partial charge in [-0.1, -0.05) is 12.1 Å². The minimum atomic E-state index is -0.519. The highest BCUT2D eigenvalue weighted by atomic mass is 16.5. The molecule has 0 saturated heterocycles. The Balaban J connectivity index is 1.46. The molecular formula is C44H48N2O10. The normalized spacial score (nSPS) is 15.9. The van der Waals surface area contributed by atoms with Crippen LogP contribution in [0.4, 0.5) is 0 Å². The summed E-state index contributed by atoms with van der Waals surface area (Å²) < 4.78 is 34.0. The van der Waals surface area contributed by atoms with E-state index in [1.807, 2.05) is 58.3 Å². The van der Waals surface area contributed by atoms with E-state index in [1.54, 1.807) is 54.4 Å². The van der Waals surface area contributed by atoms with Crippen molar-refractivity contribution in [1.82, 2.24) is 9.80 Å². The molecule has 0 N–H and O–H groups in total. The number of ether oxygens (including phenoxy) is 6. The van der Waals surface area contributed by atoms with Crippen molar-refractivity contribution in [2.75, 3.05) is 41.5 Å². The fourth-order valence-electron chi connectivity index (χ4n) is 8.01. The van der Waals surface area contributed by atoms with Crippen LogP contribution in [0.2, 0.25) is 0 Å². The average molecular weight is 765 g/mol. The summed E-state index contributed by atoms with van der Waals surface area (Å²) in [5.74, 6) is 1.77. The van der Waals surface area contributed by atoms with Gasteiger partial charge >= 0.3 is 11.9 Å². The smallest absolute Gasteiger partial charge is 0.308 e. The number of nitrogens with zero attached hydrogens (tertiary/aromatic N) is 2. The summed E-state index contributed by atoms with van der Waals surface area (Å²) >= 11 is 0. The molecule has 2 amide bonds. The maximum absolute atomic E-state index is 13.0. The molecule has 0 bridgehead atoms. The van der Waals surface area contributed by atoms with Crippen molar-refractivity contribution >= 4 is 23.8 Å². The zero-order valence-corrected chi connectivity index (χ0v) is 33.1. The predicted molar refractivity (Wildman–Crippen MR) is 209 cm³/mol. The molecule has 4 aromatic carbocycles. The van der Waals surface area contributed by atoms with Crippen LogP contribution in [0.15, 0.2) is 60.7 Å². The molecule has 2 atom stereocenters. The van der Waals surface area contributed by atoms with E-state index in [0.29, 0.717) is 72.9 Å². The summed E-state index contributed by atoms with van der Waals surface area (Å²) in [7, 11) is 6.36. The molecule has 56 heavy (non-hydrogen) atoms. The van der Waals surface area contributed by atoms with E-state index < -0.39 is 11.9 Å². The quantitative estimate of drug-likeness (QED) is 0.121. The van der Waals surface area contributed by atoms with Gasteiger partial charge < -0.3 is 38.2 Å². The second kappa shape index (κ2) is 16.8. The van der Waals surface area contributed by atoms with E-state index in [-0.39, 0.29) is 35.4 Å². The molecular weight excluding hydrogens is 716 g/mol. The minimum absolute atomic E-state index is 0.0583. The standard InChI is InChI=1S/C44H48N2O10/c1-25(47)45-15-13-31-21-41(51-5)43(53-7)23-33(31)37(45)19-29-9-11-39(55-27(3)49)35(17-29)36-18-30(10-12-40(36)56-28(4)50)20-38-34-24-44(54-8)42(52-6)22-32(34)14-16-46(38)26(2)48/h9-12,17-18,21-24,37-38H,13-16,19-20H2,1-8H3. The van der Waals surface area contributed by atoms with Crippen LogP contribution >= 0.6 is 0 Å². The van der Waals surface area contributed by atoms with Crippen LogP contribution in [0.5, 0.6) is 34.5 Å². The molecule has 12 nitrogen and oxygen atoms in total. The molecule has 4 aromatic rings. The van der Waals surface area contributed by atoms with Crippen molar-refractivity contribution in [3.63, 3.8) is 0 Å². The molecule has 6 rings (SSSR count). The Bertz CT molecular complexity index is 2030. The maximum atomic E-state index is 13.0. The van der Waals surface area contributed by atoms with Crippen LogP contribution in [0.25, 0.3) is 11.1 Å². The highest BCUT2D eigenvalue weighted by Crippen LogP contribution is 2.44. The van der Waals surface area contributed by atoms with Gasteiger partial charge in [0.2, 0.25) is 11.8 Å². The third-order valence-corrected chi connectivity index (χ3v) is 10.6. The van der Waals surface area contributed by atoms with Crippen molar-refractivity contribution in [3.8, 4) is 45.6 Å². The Labute approximate surface area is 327 Å². The second-order valence-electron chi connectivity index (χ2n) is 14.0. The molecule has 0 spiro atoms. The topological polar surface area (TPSA) is 130 Å².